The van der Waals surface area contributed by atoms with Crippen LogP contribution in [0, 0.1) is 0 Å². The van der Waals surface area contributed by atoms with E-state index in [9.17, 15) is 18.0 Å². The fraction of sp³-hybridized carbons (Fsp3) is 0.381. The smallest absolute Gasteiger partial charge is 0.367 e. The summed E-state index contributed by atoms with van der Waals surface area (Å²) in [6.07, 6.45) is -4.33. The molecule has 0 spiro atoms. The third kappa shape index (κ3) is 6.07. The van der Waals surface area contributed by atoms with Crippen LogP contribution in [-0.4, -0.2) is 54.7 Å². The van der Waals surface area contributed by atoms with E-state index in [1.807, 2.05) is 23.1 Å². The minimum absolute atomic E-state index is 0.0536. The first-order valence-electron chi connectivity index (χ1n) is 9.20. The van der Waals surface area contributed by atoms with Crippen molar-refractivity contribution < 1.29 is 22.7 Å². The summed E-state index contributed by atoms with van der Waals surface area (Å²) in [4.78, 5) is 16.8. The van der Waals surface area contributed by atoms with Gasteiger partial charge in [-0.05, 0) is 23.3 Å². The molecule has 2 aromatic carbocycles. The van der Waals surface area contributed by atoms with Crippen LogP contribution in [0.3, 0.4) is 0 Å². The Kier molecular flexibility index (Phi) is 6.70. The molecule has 0 radical (unpaired) electrons. The average molecular weight is 392 g/mol. The summed E-state index contributed by atoms with van der Waals surface area (Å²) in [6, 6.07) is 16.8. The maximum atomic E-state index is 12.6. The molecule has 0 unspecified atom stereocenters. The number of alkyl halides is 3. The van der Waals surface area contributed by atoms with Gasteiger partial charge in [0, 0.05) is 38.3 Å². The fourth-order valence-corrected chi connectivity index (χ4v) is 3.16. The van der Waals surface area contributed by atoms with Gasteiger partial charge in [0.2, 0.25) is 0 Å². The Hall–Kier alpha value is -2.38. The molecular weight excluding hydrogens is 369 g/mol. The molecular formula is C21H23F3N2O2. The van der Waals surface area contributed by atoms with Crippen LogP contribution in [0.5, 0.6) is 0 Å². The zero-order chi connectivity index (χ0) is 20.0. The van der Waals surface area contributed by atoms with Crippen molar-refractivity contribution in [2.45, 2.75) is 19.3 Å². The van der Waals surface area contributed by atoms with Gasteiger partial charge in [0.1, 0.15) is 6.61 Å². The Bertz CT molecular complexity index is 755. The second-order valence-corrected chi connectivity index (χ2v) is 6.86. The van der Waals surface area contributed by atoms with Gasteiger partial charge in [0.25, 0.3) is 5.91 Å². The predicted octanol–water partition coefficient (Wildman–Crippen LogP) is 3.72. The summed E-state index contributed by atoms with van der Waals surface area (Å²) in [5, 5.41) is 0. The molecule has 0 atom stereocenters. The summed E-state index contributed by atoms with van der Waals surface area (Å²) in [5.41, 5.74) is 2.40. The largest absolute Gasteiger partial charge is 0.411 e. The first-order valence-corrected chi connectivity index (χ1v) is 9.20. The molecule has 1 amide bonds. The summed E-state index contributed by atoms with van der Waals surface area (Å²) in [6.45, 7) is 2.39. The first kappa shape index (κ1) is 20.4. The Balaban J connectivity index is 1.47. The number of piperazine rings is 1. The van der Waals surface area contributed by atoms with Crippen molar-refractivity contribution in [1.82, 2.24) is 9.80 Å². The number of halogens is 3. The minimum Gasteiger partial charge on any atom is -0.367 e. The van der Waals surface area contributed by atoms with E-state index in [-0.39, 0.29) is 12.5 Å². The van der Waals surface area contributed by atoms with E-state index in [4.69, 9.17) is 0 Å². The van der Waals surface area contributed by atoms with E-state index in [2.05, 4.69) is 21.8 Å². The van der Waals surface area contributed by atoms with Crippen molar-refractivity contribution >= 4 is 5.91 Å². The van der Waals surface area contributed by atoms with Crippen LogP contribution in [0.1, 0.15) is 21.5 Å². The molecule has 4 nitrogen and oxygen atoms in total. The molecule has 0 bridgehead atoms. The lowest BCUT2D eigenvalue weighted by Crippen LogP contribution is -2.48. The van der Waals surface area contributed by atoms with E-state index >= 15 is 0 Å². The van der Waals surface area contributed by atoms with Gasteiger partial charge in [0.15, 0.2) is 0 Å². The van der Waals surface area contributed by atoms with E-state index < -0.39 is 12.8 Å². The van der Waals surface area contributed by atoms with Gasteiger partial charge in [0.05, 0.1) is 6.61 Å². The molecule has 28 heavy (non-hydrogen) atoms. The Labute approximate surface area is 162 Å². The minimum atomic E-state index is -4.33. The maximum absolute atomic E-state index is 12.6. The summed E-state index contributed by atoms with van der Waals surface area (Å²) in [5.74, 6) is -0.0536. The van der Waals surface area contributed by atoms with E-state index in [0.29, 0.717) is 24.2 Å². The maximum Gasteiger partial charge on any atom is 0.411 e. The molecule has 1 heterocycles. The van der Waals surface area contributed by atoms with Crippen molar-refractivity contribution in [3.05, 3.63) is 71.3 Å². The first-order chi connectivity index (χ1) is 13.4. The quantitative estimate of drug-likeness (QED) is 0.751. The standard InChI is InChI=1S/C21H23F3N2O2/c22-21(23,24)16-28-15-18-6-8-19(9-7-18)20(27)26-12-10-25(11-13-26)14-17-4-2-1-3-5-17/h1-9H,10-16H2. The number of carbonyl (C=O) groups excluding carboxylic acids is 1. The topological polar surface area (TPSA) is 32.8 Å². The number of benzene rings is 2. The number of rotatable bonds is 6. The second kappa shape index (κ2) is 9.21. The molecule has 2 aromatic rings. The average Bonchev–Trinajstić information content (AvgIpc) is 2.68. The molecule has 0 N–H and O–H groups in total. The SMILES string of the molecule is O=C(c1ccc(COCC(F)(F)F)cc1)N1CCN(Cc2ccccc2)CC1. The second-order valence-electron chi connectivity index (χ2n) is 6.86. The highest BCUT2D eigenvalue weighted by Crippen LogP contribution is 2.16. The molecule has 0 aromatic heterocycles. The molecule has 150 valence electrons. The molecule has 7 heteroatoms. The Morgan fingerprint density at radius 3 is 2.14 bits per heavy atom. The lowest BCUT2D eigenvalue weighted by molar-refractivity contribution is -0.176. The number of amides is 1. The highest BCUT2D eigenvalue weighted by atomic mass is 19.4. The Morgan fingerprint density at radius 2 is 1.54 bits per heavy atom. The molecule has 3 rings (SSSR count). The highest BCUT2D eigenvalue weighted by Gasteiger charge is 2.27. The number of carbonyl (C=O) groups is 1. The zero-order valence-corrected chi connectivity index (χ0v) is 15.5. The van der Waals surface area contributed by atoms with E-state index in [1.165, 1.54) is 5.56 Å². The van der Waals surface area contributed by atoms with Crippen molar-refractivity contribution in [2.75, 3.05) is 32.8 Å². The number of ether oxygens (including phenoxy) is 1. The Morgan fingerprint density at radius 1 is 0.893 bits per heavy atom. The van der Waals surface area contributed by atoms with Gasteiger partial charge in [-0.25, -0.2) is 0 Å². The molecule has 0 aliphatic carbocycles. The van der Waals surface area contributed by atoms with Crippen molar-refractivity contribution in [1.29, 1.82) is 0 Å². The summed E-state index contributed by atoms with van der Waals surface area (Å²) < 4.78 is 41.0. The van der Waals surface area contributed by atoms with Crippen LogP contribution in [0.2, 0.25) is 0 Å². The molecule has 1 saturated heterocycles. The summed E-state index contributed by atoms with van der Waals surface area (Å²) >= 11 is 0. The van der Waals surface area contributed by atoms with Gasteiger partial charge < -0.3 is 9.64 Å². The highest BCUT2D eigenvalue weighted by molar-refractivity contribution is 5.94. The molecule has 1 aliphatic heterocycles. The fourth-order valence-electron chi connectivity index (χ4n) is 3.16. The van der Waals surface area contributed by atoms with Crippen LogP contribution >= 0.6 is 0 Å². The van der Waals surface area contributed by atoms with Crippen molar-refractivity contribution in [3.8, 4) is 0 Å². The van der Waals surface area contributed by atoms with Gasteiger partial charge in [-0.1, -0.05) is 42.5 Å². The number of nitrogens with zero attached hydrogens (tertiary/aromatic N) is 2. The molecule has 1 fully saturated rings. The number of hydrogen-bond acceptors (Lipinski definition) is 3. The van der Waals surface area contributed by atoms with Gasteiger partial charge in [-0.2, -0.15) is 13.2 Å². The normalized spacial score (nSPS) is 15.6. The van der Waals surface area contributed by atoms with E-state index in [1.54, 1.807) is 24.3 Å². The van der Waals surface area contributed by atoms with Gasteiger partial charge in [-0.15, -0.1) is 0 Å². The molecule has 0 saturated carbocycles. The predicted molar refractivity (Wildman–Crippen MR) is 99.8 cm³/mol. The van der Waals surface area contributed by atoms with E-state index in [0.717, 1.165) is 19.6 Å². The summed E-state index contributed by atoms with van der Waals surface area (Å²) in [7, 11) is 0. The molecule has 1 aliphatic rings. The third-order valence-corrected chi connectivity index (χ3v) is 4.64. The van der Waals surface area contributed by atoms with Gasteiger partial charge in [-0.3, -0.25) is 9.69 Å². The zero-order valence-electron chi connectivity index (χ0n) is 15.5. The van der Waals surface area contributed by atoms with Crippen LogP contribution in [0.15, 0.2) is 54.6 Å². The van der Waals surface area contributed by atoms with Crippen molar-refractivity contribution in [3.63, 3.8) is 0 Å². The lowest BCUT2D eigenvalue weighted by atomic mass is 10.1. The van der Waals surface area contributed by atoms with Gasteiger partial charge >= 0.3 is 6.18 Å². The van der Waals surface area contributed by atoms with Crippen LogP contribution in [-0.2, 0) is 17.9 Å². The van der Waals surface area contributed by atoms with Crippen LogP contribution in [0.25, 0.3) is 0 Å². The lowest BCUT2D eigenvalue weighted by Gasteiger charge is -2.34. The monoisotopic (exact) mass is 392 g/mol. The van der Waals surface area contributed by atoms with Crippen molar-refractivity contribution in [2.24, 2.45) is 0 Å². The van der Waals surface area contributed by atoms with Crippen LogP contribution < -0.4 is 0 Å². The van der Waals surface area contributed by atoms with Crippen LogP contribution in [0.4, 0.5) is 13.2 Å². The number of hydrogen-bond donors (Lipinski definition) is 0. The third-order valence-electron chi connectivity index (χ3n) is 4.64.